The van der Waals surface area contributed by atoms with Crippen molar-refractivity contribution in [1.82, 2.24) is 10.3 Å². The molecule has 0 bridgehead atoms. The molecule has 2 rings (SSSR count). The molecule has 0 aromatic carbocycles. The Kier molecular flexibility index (Phi) is 4.75. The fraction of sp³-hybridized carbons (Fsp3) is 0.533. The van der Waals surface area contributed by atoms with Crippen molar-refractivity contribution in [2.24, 2.45) is 0 Å². The molecule has 0 spiro atoms. The fourth-order valence-electron chi connectivity index (χ4n) is 2.29. The average Bonchev–Trinajstić information content (AvgIpc) is 2.38. The lowest BCUT2D eigenvalue weighted by Gasteiger charge is -2.13. The van der Waals surface area contributed by atoms with Gasteiger partial charge in [0.25, 0.3) is 0 Å². The van der Waals surface area contributed by atoms with Gasteiger partial charge in [-0.3, -0.25) is 4.98 Å². The third kappa shape index (κ3) is 3.97. The summed E-state index contributed by atoms with van der Waals surface area (Å²) in [6.45, 7) is 4.16. The smallest absolute Gasteiger partial charge is 0.0315 e. The second kappa shape index (κ2) is 6.55. The van der Waals surface area contributed by atoms with Crippen LogP contribution in [-0.2, 0) is 6.54 Å². The zero-order chi connectivity index (χ0) is 11.9. The summed E-state index contributed by atoms with van der Waals surface area (Å²) < 4.78 is 0. The first-order chi connectivity index (χ1) is 8.36. The quantitative estimate of drug-likeness (QED) is 0.619. The van der Waals surface area contributed by atoms with Crippen LogP contribution in [0.1, 0.15) is 43.2 Å². The van der Waals surface area contributed by atoms with Crippen LogP contribution in [0.3, 0.4) is 0 Å². The molecule has 2 nitrogen and oxygen atoms in total. The van der Waals surface area contributed by atoms with Crippen LogP contribution in [0, 0.1) is 6.92 Å². The molecule has 0 saturated carbocycles. The summed E-state index contributed by atoms with van der Waals surface area (Å²) in [6, 6.07) is 2.07. The van der Waals surface area contributed by atoms with Crippen molar-refractivity contribution < 1.29 is 0 Å². The zero-order valence-corrected chi connectivity index (χ0v) is 10.7. The highest BCUT2D eigenvalue weighted by Gasteiger charge is 2.03. The van der Waals surface area contributed by atoms with E-state index in [0.29, 0.717) is 0 Å². The van der Waals surface area contributed by atoms with Crippen LogP contribution in [-0.4, -0.2) is 11.5 Å². The van der Waals surface area contributed by atoms with Gasteiger partial charge in [0, 0.05) is 18.9 Å². The second-order valence-electron chi connectivity index (χ2n) is 4.84. The second-order valence-corrected chi connectivity index (χ2v) is 4.84. The number of hydrogen-bond donors (Lipinski definition) is 1. The molecule has 1 aliphatic rings. The maximum atomic E-state index is 4.16. The van der Waals surface area contributed by atoms with E-state index >= 15 is 0 Å². The number of hydrogen-bond acceptors (Lipinski definition) is 2. The Morgan fingerprint density at radius 1 is 1.35 bits per heavy atom. The Labute approximate surface area is 104 Å². The van der Waals surface area contributed by atoms with E-state index in [2.05, 4.69) is 29.4 Å². The van der Waals surface area contributed by atoms with Crippen LogP contribution < -0.4 is 5.32 Å². The number of nitrogens with zero attached hydrogens (tertiary/aromatic N) is 1. The highest BCUT2D eigenvalue weighted by atomic mass is 14.8. The van der Waals surface area contributed by atoms with E-state index in [-0.39, 0.29) is 0 Å². The minimum absolute atomic E-state index is 0.937. The van der Waals surface area contributed by atoms with E-state index in [1.807, 2.05) is 12.4 Å². The minimum atomic E-state index is 0.937. The summed E-state index contributed by atoms with van der Waals surface area (Å²) in [4.78, 5) is 4.16. The zero-order valence-electron chi connectivity index (χ0n) is 10.7. The molecule has 0 aliphatic heterocycles. The summed E-state index contributed by atoms with van der Waals surface area (Å²) in [5, 5.41) is 3.51. The molecule has 0 saturated heterocycles. The first kappa shape index (κ1) is 12.3. The Morgan fingerprint density at radius 2 is 2.29 bits per heavy atom. The van der Waals surface area contributed by atoms with Crippen LogP contribution in [0.15, 0.2) is 30.1 Å². The Bertz CT molecular complexity index is 382. The number of aryl methyl sites for hydroxylation is 1. The Hall–Kier alpha value is -1.15. The lowest BCUT2D eigenvalue weighted by Crippen LogP contribution is -2.16. The van der Waals surface area contributed by atoms with Gasteiger partial charge in [0.2, 0.25) is 0 Å². The third-order valence-corrected chi connectivity index (χ3v) is 3.47. The van der Waals surface area contributed by atoms with E-state index in [1.54, 1.807) is 5.57 Å². The molecule has 0 fully saturated rings. The minimum Gasteiger partial charge on any atom is -0.312 e. The Morgan fingerprint density at radius 3 is 3.06 bits per heavy atom. The predicted molar refractivity (Wildman–Crippen MR) is 71.8 cm³/mol. The van der Waals surface area contributed by atoms with Gasteiger partial charge in [0.15, 0.2) is 0 Å². The van der Waals surface area contributed by atoms with E-state index in [9.17, 15) is 0 Å². The van der Waals surface area contributed by atoms with Crippen LogP contribution in [0.2, 0.25) is 0 Å². The molecule has 92 valence electrons. The molecule has 1 aromatic heterocycles. The van der Waals surface area contributed by atoms with Gasteiger partial charge in [-0.15, -0.1) is 0 Å². The van der Waals surface area contributed by atoms with Gasteiger partial charge in [-0.25, -0.2) is 0 Å². The van der Waals surface area contributed by atoms with Gasteiger partial charge in [-0.1, -0.05) is 11.6 Å². The van der Waals surface area contributed by atoms with Crippen molar-refractivity contribution in [1.29, 1.82) is 0 Å². The summed E-state index contributed by atoms with van der Waals surface area (Å²) in [6.07, 6.45) is 12.8. The van der Waals surface area contributed by atoms with Crippen molar-refractivity contribution in [3.63, 3.8) is 0 Å². The summed E-state index contributed by atoms with van der Waals surface area (Å²) in [5.41, 5.74) is 4.28. The van der Waals surface area contributed by atoms with Crippen molar-refractivity contribution in [2.75, 3.05) is 6.54 Å². The molecule has 0 unspecified atom stereocenters. The molecule has 0 amide bonds. The van der Waals surface area contributed by atoms with Crippen LogP contribution in [0.25, 0.3) is 0 Å². The van der Waals surface area contributed by atoms with E-state index in [0.717, 1.165) is 13.1 Å². The molecule has 1 aliphatic carbocycles. The third-order valence-electron chi connectivity index (χ3n) is 3.47. The largest absolute Gasteiger partial charge is 0.312 e. The predicted octanol–water partition coefficient (Wildman–Crippen LogP) is 3.37. The van der Waals surface area contributed by atoms with Gasteiger partial charge in [0.05, 0.1) is 0 Å². The Balaban J connectivity index is 1.69. The van der Waals surface area contributed by atoms with E-state index < -0.39 is 0 Å². The molecular formula is C15H22N2. The molecule has 17 heavy (non-hydrogen) atoms. The van der Waals surface area contributed by atoms with Gasteiger partial charge in [-0.05, 0) is 62.8 Å². The maximum absolute atomic E-state index is 4.16. The monoisotopic (exact) mass is 230 g/mol. The van der Waals surface area contributed by atoms with Gasteiger partial charge >= 0.3 is 0 Å². The first-order valence-electron chi connectivity index (χ1n) is 6.64. The van der Waals surface area contributed by atoms with E-state index in [1.165, 1.54) is 43.2 Å². The topological polar surface area (TPSA) is 24.9 Å². The summed E-state index contributed by atoms with van der Waals surface area (Å²) in [5.74, 6) is 0. The lowest BCUT2D eigenvalue weighted by atomic mass is 9.97. The highest BCUT2D eigenvalue weighted by Crippen LogP contribution is 2.19. The van der Waals surface area contributed by atoms with Crippen molar-refractivity contribution in [2.45, 2.75) is 45.6 Å². The summed E-state index contributed by atoms with van der Waals surface area (Å²) >= 11 is 0. The molecule has 1 heterocycles. The number of nitrogens with one attached hydrogen (secondary N) is 1. The highest BCUT2D eigenvalue weighted by molar-refractivity contribution is 5.21. The van der Waals surface area contributed by atoms with Gasteiger partial charge < -0.3 is 5.32 Å². The first-order valence-corrected chi connectivity index (χ1v) is 6.64. The molecule has 1 N–H and O–H groups in total. The van der Waals surface area contributed by atoms with Crippen LogP contribution in [0.5, 0.6) is 0 Å². The standard InChI is InChI=1S/C15H22N2/c1-13-7-9-16-11-15(13)12-17-10-8-14-5-3-2-4-6-14/h5,7,9,11,17H,2-4,6,8,10,12H2,1H3. The summed E-state index contributed by atoms with van der Waals surface area (Å²) in [7, 11) is 0. The van der Waals surface area contributed by atoms with Crippen molar-refractivity contribution in [3.05, 3.63) is 41.2 Å². The number of pyridine rings is 1. The van der Waals surface area contributed by atoms with Gasteiger partial charge in [-0.2, -0.15) is 0 Å². The van der Waals surface area contributed by atoms with Crippen LogP contribution >= 0.6 is 0 Å². The van der Waals surface area contributed by atoms with E-state index in [4.69, 9.17) is 0 Å². The van der Waals surface area contributed by atoms with Crippen molar-refractivity contribution >= 4 is 0 Å². The van der Waals surface area contributed by atoms with Crippen molar-refractivity contribution in [3.8, 4) is 0 Å². The van der Waals surface area contributed by atoms with Crippen LogP contribution in [0.4, 0.5) is 0 Å². The molecule has 1 aromatic rings. The molecule has 0 radical (unpaired) electrons. The molecular weight excluding hydrogens is 208 g/mol. The maximum Gasteiger partial charge on any atom is 0.0315 e. The van der Waals surface area contributed by atoms with Gasteiger partial charge in [0.1, 0.15) is 0 Å². The molecule has 2 heteroatoms. The number of allylic oxidation sites excluding steroid dienone is 1. The normalized spacial score (nSPS) is 15.7. The fourth-order valence-corrected chi connectivity index (χ4v) is 2.29. The number of aromatic nitrogens is 1. The average molecular weight is 230 g/mol. The SMILES string of the molecule is Cc1ccncc1CNCCC1=CCCCC1. The lowest BCUT2D eigenvalue weighted by molar-refractivity contribution is 0.631. The number of rotatable bonds is 5. The molecule has 0 atom stereocenters.